The quantitative estimate of drug-likeness (QED) is 0.793. The summed E-state index contributed by atoms with van der Waals surface area (Å²) in [6, 6.07) is 15.1. The lowest BCUT2D eigenvalue weighted by Gasteiger charge is -2.14. The van der Waals surface area contributed by atoms with E-state index in [2.05, 4.69) is 21.7 Å². The number of carbonyl (C=O) groups is 1. The first kappa shape index (κ1) is 15.7. The van der Waals surface area contributed by atoms with Crippen molar-refractivity contribution in [3.05, 3.63) is 77.1 Å². The van der Waals surface area contributed by atoms with Crippen molar-refractivity contribution in [1.29, 1.82) is 5.26 Å². The Kier molecular flexibility index (Phi) is 4.54. The smallest absolute Gasteiger partial charge is 0.254 e. The lowest BCUT2D eigenvalue weighted by molar-refractivity contribution is 0.0945. The van der Waals surface area contributed by atoms with Crippen LogP contribution in [0.15, 0.2) is 60.9 Å². The molecule has 0 unspecified atom stereocenters. The molecule has 1 aromatic heterocycles. The Morgan fingerprint density at radius 3 is 2.79 bits per heavy atom. The fourth-order valence-electron chi connectivity index (χ4n) is 2.29. The maximum Gasteiger partial charge on any atom is 0.254 e. The highest BCUT2D eigenvalue weighted by Gasteiger charge is 2.18. The summed E-state index contributed by atoms with van der Waals surface area (Å²) in [4.78, 5) is 12.6. The van der Waals surface area contributed by atoms with Crippen molar-refractivity contribution < 1.29 is 4.79 Å². The number of nitriles is 1. The van der Waals surface area contributed by atoms with Crippen LogP contribution in [0.5, 0.6) is 0 Å². The molecular formula is C17H12ClN5O. The van der Waals surface area contributed by atoms with Gasteiger partial charge in [-0.2, -0.15) is 5.26 Å². The van der Waals surface area contributed by atoms with Crippen molar-refractivity contribution in [3.8, 4) is 11.8 Å². The van der Waals surface area contributed by atoms with E-state index >= 15 is 0 Å². The van der Waals surface area contributed by atoms with Gasteiger partial charge >= 0.3 is 0 Å². The number of amides is 1. The molecule has 0 saturated heterocycles. The molecule has 3 rings (SSSR count). The Morgan fingerprint density at radius 2 is 2.08 bits per heavy atom. The molecule has 1 atom stereocenters. The second-order valence-corrected chi connectivity index (χ2v) is 5.39. The van der Waals surface area contributed by atoms with E-state index in [1.807, 2.05) is 0 Å². The topological polar surface area (TPSA) is 83.6 Å². The van der Waals surface area contributed by atoms with Gasteiger partial charge < -0.3 is 5.32 Å². The summed E-state index contributed by atoms with van der Waals surface area (Å²) in [5, 5.41) is 20.2. The molecule has 1 heterocycles. The third kappa shape index (κ3) is 3.26. The molecule has 6 nitrogen and oxygen atoms in total. The van der Waals surface area contributed by atoms with Crippen LogP contribution in [0.3, 0.4) is 0 Å². The molecule has 0 fully saturated rings. The first-order chi connectivity index (χ1) is 11.7. The van der Waals surface area contributed by atoms with Gasteiger partial charge in [0.15, 0.2) is 0 Å². The van der Waals surface area contributed by atoms with Crippen molar-refractivity contribution in [2.45, 2.75) is 6.04 Å². The maximum absolute atomic E-state index is 12.6. The van der Waals surface area contributed by atoms with Crippen molar-refractivity contribution >= 4 is 17.5 Å². The summed E-state index contributed by atoms with van der Waals surface area (Å²) in [7, 11) is 0. The number of aromatic nitrogens is 3. The number of benzene rings is 2. The lowest BCUT2D eigenvalue weighted by atomic mass is 10.1. The maximum atomic E-state index is 12.6. The second kappa shape index (κ2) is 6.94. The van der Waals surface area contributed by atoms with Crippen molar-refractivity contribution in [2.24, 2.45) is 0 Å². The Labute approximate surface area is 143 Å². The van der Waals surface area contributed by atoms with Crippen LogP contribution in [0.1, 0.15) is 22.0 Å². The van der Waals surface area contributed by atoms with Gasteiger partial charge in [0.05, 0.1) is 29.7 Å². The van der Waals surface area contributed by atoms with Gasteiger partial charge in [0, 0.05) is 5.02 Å². The lowest BCUT2D eigenvalue weighted by Crippen LogP contribution is -2.28. The molecule has 7 heteroatoms. The summed E-state index contributed by atoms with van der Waals surface area (Å²) in [5.41, 5.74) is 1.59. The molecule has 1 N–H and O–H groups in total. The molecule has 3 aromatic rings. The molecule has 0 aliphatic heterocycles. The zero-order valence-corrected chi connectivity index (χ0v) is 13.2. The molecule has 0 saturated carbocycles. The minimum atomic E-state index is -0.806. The first-order valence-electron chi connectivity index (χ1n) is 7.10. The summed E-state index contributed by atoms with van der Waals surface area (Å²) in [5.74, 6) is -0.382. The molecule has 0 bridgehead atoms. The Balaban J connectivity index is 1.89. The number of carbonyl (C=O) groups excluding carboxylic acids is 1. The molecular weight excluding hydrogens is 326 g/mol. The number of hydrogen-bond donors (Lipinski definition) is 1. The van der Waals surface area contributed by atoms with Gasteiger partial charge in [-0.15, -0.1) is 5.10 Å². The number of para-hydroxylation sites is 1. The molecule has 24 heavy (non-hydrogen) atoms. The van der Waals surface area contributed by atoms with E-state index < -0.39 is 6.04 Å². The van der Waals surface area contributed by atoms with E-state index in [4.69, 9.17) is 11.6 Å². The van der Waals surface area contributed by atoms with Gasteiger partial charge in [0.2, 0.25) is 0 Å². The third-order valence-electron chi connectivity index (χ3n) is 3.40. The first-order valence-corrected chi connectivity index (χ1v) is 7.48. The molecule has 0 spiro atoms. The van der Waals surface area contributed by atoms with E-state index in [1.54, 1.807) is 54.7 Å². The fraction of sp³-hybridized carbons (Fsp3) is 0.0588. The number of nitrogens with zero attached hydrogens (tertiary/aromatic N) is 4. The SMILES string of the molecule is N#C[C@H](NC(=O)c1ccccc1-n1ccnn1)c1cccc(Cl)c1. The second-order valence-electron chi connectivity index (χ2n) is 4.96. The average molecular weight is 338 g/mol. The molecule has 2 aromatic carbocycles. The zero-order valence-electron chi connectivity index (χ0n) is 12.4. The van der Waals surface area contributed by atoms with Crippen molar-refractivity contribution in [1.82, 2.24) is 20.3 Å². The van der Waals surface area contributed by atoms with E-state index in [-0.39, 0.29) is 5.91 Å². The summed E-state index contributed by atoms with van der Waals surface area (Å²) >= 11 is 5.95. The Hall–Kier alpha value is -3.17. The Morgan fingerprint density at radius 1 is 1.25 bits per heavy atom. The van der Waals surface area contributed by atoms with E-state index in [1.165, 1.54) is 10.9 Å². The van der Waals surface area contributed by atoms with Crippen LogP contribution in [0.4, 0.5) is 0 Å². The van der Waals surface area contributed by atoms with Gasteiger partial charge in [-0.3, -0.25) is 4.79 Å². The predicted molar refractivity (Wildman–Crippen MR) is 88.6 cm³/mol. The van der Waals surface area contributed by atoms with Crippen LogP contribution >= 0.6 is 11.6 Å². The molecule has 1 amide bonds. The van der Waals surface area contributed by atoms with Gasteiger partial charge in [-0.25, -0.2) is 4.68 Å². The van der Waals surface area contributed by atoms with Gasteiger partial charge in [0.1, 0.15) is 6.04 Å². The monoisotopic (exact) mass is 337 g/mol. The number of halogens is 1. The summed E-state index contributed by atoms with van der Waals surface area (Å²) in [6.45, 7) is 0. The van der Waals surface area contributed by atoms with Gasteiger partial charge in [-0.1, -0.05) is 41.1 Å². The third-order valence-corrected chi connectivity index (χ3v) is 3.64. The van der Waals surface area contributed by atoms with Crippen LogP contribution in [0.25, 0.3) is 5.69 Å². The van der Waals surface area contributed by atoms with Crippen molar-refractivity contribution in [3.63, 3.8) is 0 Å². The number of hydrogen-bond acceptors (Lipinski definition) is 4. The van der Waals surface area contributed by atoms with Gasteiger partial charge in [-0.05, 0) is 29.8 Å². The summed E-state index contributed by atoms with van der Waals surface area (Å²) < 4.78 is 1.50. The molecule has 0 aliphatic rings. The Bertz CT molecular complexity index is 901. The van der Waals surface area contributed by atoms with E-state index in [9.17, 15) is 10.1 Å². The standard InChI is InChI=1S/C17H12ClN5O/c18-13-5-3-4-12(10-13)15(11-19)21-17(24)14-6-1-2-7-16(14)23-9-8-20-22-23/h1-10,15H,(H,21,24)/t15-/m0/s1. The van der Waals surface area contributed by atoms with E-state index in [0.717, 1.165) is 0 Å². The average Bonchev–Trinajstić information content (AvgIpc) is 3.14. The molecule has 0 aliphatic carbocycles. The minimum absolute atomic E-state index is 0.382. The fourth-order valence-corrected chi connectivity index (χ4v) is 2.49. The largest absolute Gasteiger partial charge is 0.332 e. The van der Waals surface area contributed by atoms with Crippen LogP contribution in [0.2, 0.25) is 5.02 Å². The van der Waals surface area contributed by atoms with Crippen LogP contribution in [-0.4, -0.2) is 20.9 Å². The van der Waals surface area contributed by atoms with E-state index in [0.29, 0.717) is 21.8 Å². The highest BCUT2D eigenvalue weighted by molar-refractivity contribution is 6.30. The van der Waals surface area contributed by atoms with Crippen LogP contribution in [-0.2, 0) is 0 Å². The van der Waals surface area contributed by atoms with Crippen LogP contribution < -0.4 is 5.32 Å². The van der Waals surface area contributed by atoms with Crippen molar-refractivity contribution in [2.75, 3.05) is 0 Å². The number of nitrogens with one attached hydrogen (secondary N) is 1. The highest BCUT2D eigenvalue weighted by Crippen LogP contribution is 2.19. The minimum Gasteiger partial charge on any atom is -0.332 e. The zero-order chi connectivity index (χ0) is 16.9. The molecule has 0 radical (unpaired) electrons. The highest BCUT2D eigenvalue weighted by atomic mass is 35.5. The van der Waals surface area contributed by atoms with Gasteiger partial charge in [0.25, 0.3) is 5.91 Å². The summed E-state index contributed by atoms with van der Waals surface area (Å²) in [6.07, 6.45) is 3.17. The molecule has 118 valence electrons. The normalized spacial score (nSPS) is 11.5. The predicted octanol–water partition coefficient (Wildman–Crippen LogP) is 2.92. The number of rotatable bonds is 4. The van der Waals surface area contributed by atoms with Crippen LogP contribution in [0, 0.1) is 11.3 Å².